The van der Waals surface area contributed by atoms with Gasteiger partial charge in [-0.2, -0.15) is 0 Å². The zero-order valence-corrected chi connectivity index (χ0v) is 7.78. The van der Waals surface area contributed by atoms with Crippen molar-refractivity contribution in [2.24, 2.45) is 0 Å². The average Bonchev–Trinajstić information content (AvgIpc) is 2.19. The molecule has 0 fully saturated rings. The van der Waals surface area contributed by atoms with Gasteiger partial charge in [-0.15, -0.1) is 12.6 Å². The highest BCUT2D eigenvalue weighted by atomic mass is 32.1. The van der Waals surface area contributed by atoms with Gasteiger partial charge in [-0.3, -0.25) is 9.97 Å². The molecule has 0 amide bonds. The summed E-state index contributed by atoms with van der Waals surface area (Å²) >= 11 is 4.26. The first-order chi connectivity index (χ1) is 6.36. The first-order valence-corrected chi connectivity index (χ1v) is 4.36. The molecule has 0 aliphatic rings. The second kappa shape index (κ2) is 3.58. The third-order valence-corrected chi connectivity index (χ3v) is 1.98. The average molecular weight is 188 g/mol. The molecule has 3 heteroatoms. The Morgan fingerprint density at radius 3 is 2.77 bits per heavy atom. The number of hydrogen-bond donors (Lipinski definition) is 1. The van der Waals surface area contributed by atoms with Gasteiger partial charge in [0.1, 0.15) is 0 Å². The van der Waals surface area contributed by atoms with Gasteiger partial charge in [-0.25, -0.2) is 0 Å². The van der Waals surface area contributed by atoms with Crippen molar-refractivity contribution in [1.82, 2.24) is 9.97 Å². The zero-order valence-electron chi connectivity index (χ0n) is 6.88. The van der Waals surface area contributed by atoms with Gasteiger partial charge in [0.25, 0.3) is 0 Å². The van der Waals surface area contributed by atoms with Crippen molar-refractivity contribution in [3.05, 3.63) is 42.9 Å². The summed E-state index contributed by atoms with van der Waals surface area (Å²) in [4.78, 5) is 9.13. The monoisotopic (exact) mass is 188 g/mol. The molecule has 1 aromatic carbocycles. The van der Waals surface area contributed by atoms with Gasteiger partial charge in [0.15, 0.2) is 0 Å². The molecular formula is C10H8N2S. The highest BCUT2D eigenvalue weighted by Crippen LogP contribution is 2.18. The molecule has 0 N–H and O–H groups in total. The van der Waals surface area contributed by atoms with Crippen molar-refractivity contribution in [2.75, 3.05) is 0 Å². The van der Waals surface area contributed by atoms with Crippen LogP contribution in [0.2, 0.25) is 0 Å². The minimum absolute atomic E-state index is 0.874. The maximum absolute atomic E-state index is 4.26. The van der Waals surface area contributed by atoms with Crippen molar-refractivity contribution in [2.45, 2.75) is 4.90 Å². The maximum atomic E-state index is 4.26. The summed E-state index contributed by atoms with van der Waals surface area (Å²) in [5, 5.41) is 0. The fourth-order valence-electron chi connectivity index (χ4n) is 1.11. The van der Waals surface area contributed by atoms with Crippen molar-refractivity contribution in [3.63, 3.8) is 0 Å². The van der Waals surface area contributed by atoms with Gasteiger partial charge in [-0.1, -0.05) is 12.1 Å². The number of aromatic nitrogens is 2. The second-order valence-corrected chi connectivity index (χ2v) is 3.16. The summed E-state index contributed by atoms with van der Waals surface area (Å²) in [5.74, 6) is 0. The highest BCUT2D eigenvalue weighted by molar-refractivity contribution is 7.80. The predicted octanol–water partition coefficient (Wildman–Crippen LogP) is 2.43. The van der Waals surface area contributed by atoms with Crippen molar-refractivity contribution >= 4 is 12.6 Å². The number of nitrogens with zero attached hydrogens (tertiary/aromatic N) is 2. The van der Waals surface area contributed by atoms with E-state index in [0.29, 0.717) is 0 Å². The van der Waals surface area contributed by atoms with Crippen LogP contribution >= 0.6 is 12.6 Å². The van der Waals surface area contributed by atoms with Crippen molar-refractivity contribution < 1.29 is 0 Å². The van der Waals surface area contributed by atoms with Crippen LogP contribution in [0.25, 0.3) is 11.3 Å². The molecule has 0 saturated carbocycles. The molecular weight excluding hydrogens is 180 g/mol. The lowest BCUT2D eigenvalue weighted by atomic mass is 10.2. The van der Waals surface area contributed by atoms with Gasteiger partial charge < -0.3 is 0 Å². The molecule has 2 aromatic rings. The summed E-state index contributed by atoms with van der Waals surface area (Å²) in [7, 11) is 0. The van der Waals surface area contributed by atoms with Gasteiger partial charge in [0.2, 0.25) is 0 Å². The number of thiol groups is 1. The second-order valence-electron chi connectivity index (χ2n) is 2.64. The topological polar surface area (TPSA) is 25.8 Å². The third-order valence-electron chi connectivity index (χ3n) is 1.71. The van der Waals surface area contributed by atoms with Gasteiger partial charge >= 0.3 is 0 Å². The summed E-state index contributed by atoms with van der Waals surface area (Å²) in [6, 6.07) is 7.84. The van der Waals surface area contributed by atoms with Crippen LogP contribution in [0, 0.1) is 0 Å². The molecule has 2 rings (SSSR count). The molecule has 1 aromatic heterocycles. The molecule has 0 atom stereocenters. The Morgan fingerprint density at radius 1 is 1.15 bits per heavy atom. The number of benzene rings is 1. The summed E-state index contributed by atoms with van der Waals surface area (Å²) in [6.07, 6.45) is 5.08. The Kier molecular flexibility index (Phi) is 2.27. The third kappa shape index (κ3) is 1.87. The minimum Gasteiger partial charge on any atom is -0.261 e. The van der Waals surface area contributed by atoms with Crippen LogP contribution in [0.3, 0.4) is 0 Å². The lowest BCUT2D eigenvalue weighted by Gasteiger charge is -1.99. The van der Waals surface area contributed by atoms with E-state index < -0.39 is 0 Å². The minimum atomic E-state index is 0.874. The van der Waals surface area contributed by atoms with Gasteiger partial charge in [-0.05, 0) is 12.1 Å². The molecule has 0 unspecified atom stereocenters. The van der Waals surface area contributed by atoms with E-state index in [1.807, 2.05) is 24.3 Å². The SMILES string of the molecule is Sc1cccc(-c2cnccn2)c1. The molecule has 0 saturated heterocycles. The van der Waals surface area contributed by atoms with Crippen LogP contribution in [-0.2, 0) is 0 Å². The molecule has 0 radical (unpaired) electrons. The summed E-state index contributed by atoms with van der Waals surface area (Å²) in [5.41, 5.74) is 1.92. The van der Waals surface area contributed by atoms with E-state index in [-0.39, 0.29) is 0 Å². The molecule has 0 aliphatic carbocycles. The number of hydrogen-bond acceptors (Lipinski definition) is 3. The van der Waals surface area contributed by atoms with Crippen LogP contribution < -0.4 is 0 Å². The zero-order chi connectivity index (χ0) is 9.10. The van der Waals surface area contributed by atoms with Crippen molar-refractivity contribution in [1.29, 1.82) is 0 Å². The van der Waals surface area contributed by atoms with Gasteiger partial charge in [0.05, 0.1) is 11.9 Å². The molecule has 13 heavy (non-hydrogen) atoms. The van der Waals surface area contributed by atoms with Crippen LogP contribution in [-0.4, -0.2) is 9.97 Å². The summed E-state index contributed by atoms with van der Waals surface area (Å²) in [6.45, 7) is 0. The quantitative estimate of drug-likeness (QED) is 0.695. The Labute approximate surface area is 82.1 Å². The Balaban J connectivity index is 2.48. The van der Waals surface area contributed by atoms with E-state index in [2.05, 4.69) is 22.6 Å². The lowest BCUT2D eigenvalue weighted by molar-refractivity contribution is 1.20. The molecule has 0 bridgehead atoms. The predicted molar refractivity (Wildman–Crippen MR) is 54.7 cm³/mol. The standard InChI is InChI=1S/C10H8N2S/c13-9-3-1-2-8(6-9)10-7-11-4-5-12-10/h1-7,13H. The fourth-order valence-corrected chi connectivity index (χ4v) is 1.34. The van der Waals surface area contributed by atoms with E-state index in [9.17, 15) is 0 Å². The van der Waals surface area contributed by atoms with E-state index in [0.717, 1.165) is 16.2 Å². The largest absolute Gasteiger partial charge is 0.261 e. The van der Waals surface area contributed by atoms with Crippen LogP contribution in [0.4, 0.5) is 0 Å². The van der Waals surface area contributed by atoms with Crippen LogP contribution in [0.15, 0.2) is 47.8 Å². The molecule has 64 valence electrons. The first-order valence-electron chi connectivity index (χ1n) is 3.92. The van der Waals surface area contributed by atoms with Crippen LogP contribution in [0.5, 0.6) is 0 Å². The molecule has 2 nitrogen and oxygen atoms in total. The smallest absolute Gasteiger partial charge is 0.0885 e. The normalized spacial score (nSPS) is 9.92. The summed E-state index contributed by atoms with van der Waals surface area (Å²) < 4.78 is 0. The fraction of sp³-hybridized carbons (Fsp3) is 0. The number of rotatable bonds is 1. The Hall–Kier alpha value is -1.35. The Morgan fingerprint density at radius 2 is 2.08 bits per heavy atom. The Bertz CT molecular complexity index is 401. The first kappa shape index (κ1) is 8.26. The lowest BCUT2D eigenvalue weighted by Crippen LogP contribution is -1.83. The van der Waals surface area contributed by atoms with Crippen molar-refractivity contribution in [3.8, 4) is 11.3 Å². The molecule has 0 spiro atoms. The molecule has 1 heterocycles. The highest BCUT2D eigenvalue weighted by Gasteiger charge is 1.97. The van der Waals surface area contributed by atoms with E-state index in [1.165, 1.54) is 0 Å². The maximum Gasteiger partial charge on any atom is 0.0885 e. The van der Waals surface area contributed by atoms with E-state index in [4.69, 9.17) is 0 Å². The van der Waals surface area contributed by atoms with Gasteiger partial charge in [0, 0.05) is 22.9 Å². The molecule has 0 aliphatic heterocycles. The van der Waals surface area contributed by atoms with E-state index in [1.54, 1.807) is 18.6 Å². The van der Waals surface area contributed by atoms with E-state index >= 15 is 0 Å². The van der Waals surface area contributed by atoms with Crippen LogP contribution in [0.1, 0.15) is 0 Å².